The number of nitrogens with zero attached hydrogens (tertiary/aromatic N) is 3. The second-order valence-electron chi connectivity index (χ2n) is 8.90. The molecule has 1 amide bonds. The monoisotopic (exact) mass is 562 g/mol. The first-order valence-corrected chi connectivity index (χ1v) is 14.8. The van der Waals surface area contributed by atoms with Crippen LogP contribution < -0.4 is 14.5 Å². The van der Waals surface area contributed by atoms with Crippen LogP contribution in [0.1, 0.15) is 5.56 Å². The highest BCUT2D eigenvalue weighted by Gasteiger charge is 2.34. The van der Waals surface area contributed by atoms with Gasteiger partial charge in [0.2, 0.25) is 10.0 Å². The Kier molecular flexibility index (Phi) is 8.97. The molecule has 0 radical (unpaired) electrons. The predicted molar refractivity (Wildman–Crippen MR) is 145 cm³/mol. The molecule has 3 aromatic carbocycles. The summed E-state index contributed by atoms with van der Waals surface area (Å²) in [6.45, 7) is 0.896. The molecule has 1 saturated heterocycles. The van der Waals surface area contributed by atoms with Crippen molar-refractivity contribution in [3.05, 3.63) is 72.3 Å². The molecule has 0 bridgehead atoms. The van der Waals surface area contributed by atoms with E-state index < -0.39 is 33.2 Å². The van der Waals surface area contributed by atoms with Gasteiger partial charge in [-0.3, -0.25) is 23.8 Å². The topological polar surface area (TPSA) is 140 Å². The number of piperazine rings is 1. The number of sulfonamides is 1. The number of carbonyl (C=O) groups is 1. The molecule has 1 fully saturated rings. The molecule has 204 valence electrons. The van der Waals surface area contributed by atoms with Gasteiger partial charge in [0.1, 0.15) is 18.4 Å². The molecule has 13 heteroatoms. The van der Waals surface area contributed by atoms with Gasteiger partial charge in [0.25, 0.3) is 17.2 Å². The van der Waals surface area contributed by atoms with Gasteiger partial charge in [-0.25, -0.2) is 18.1 Å². The van der Waals surface area contributed by atoms with Gasteiger partial charge < -0.3 is 4.74 Å². The maximum atomic E-state index is 12.5. The van der Waals surface area contributed by atoms with E-state index in [4.69, 9.17) is 4.74 Å². The fourth-order valence-electron chi connectivity index (χ4n) is 4.49. The number of benzene rings is 3. The van der Waals surface area contributed by atoms with Crippen molar-refractivity contribution >= 4 is 43.7 Å². The number of carbonyl (C=O) groups excluding carboxylic acids is 1. The normalized spacial score (nSPS) is 16.6. The Morgan fingerprint density at radius 2 is 1.71 bits per heavy atom. The summed E-state index contributed by atoms with van der Waals surface area (Å²) in [7, 11) is -3.37. The summed E-state index contributed by atoms with van der Waals surface area (Å²) >= 11 is -2.48. The van der Waals surface area contributed by atoms with Gasteiger partial charge in [-0.15, -0.1) is 0 Å². The van der Waals surface area contributed by atoms with Crippen molar-refractivity contribution in [1.29, 1.82) is 0 Å². The Bertz CT molecular complexity index is 1390. The largest absolute Gasteiger partial charge is 0.489 e. The molecule has 1 aliphatic rings. The molecule has 0 aromatic heterocycles. The molecule has 2 atom stereocenters. The number of hydroxylamine groups is 1. The molecule has 0 spiro atoms. The van der Waals surface area contributed by atoms with E-state index in [9.17, 15) is 27.2 Å². The number of ether oxygens (including phenoxy) is 1. The molecular formula is C25H30N4O7S2. The van der Waals surface area contributed by atoms with E-state index in [2.05, 4.69) is 0 Å². The van der Waals surface area contributed by atoms with Crippen molar-refractivity contribution < 1.29 is 31.9 Å². The lowest BCUT2D eigenvalue weighted by Crippen LogP contribution is -2.58. The highest BCUT2D eigenvalue weighted by molar-refractivity contribution is 7.88. The highest BCUT2D eigenvalue weighted by atomic mass is 32.2. The summed E-state index contributed by atoms with van der Waals surface area (Å²) in [5.74, 6) is -0.199. The Balaban J connectivity index is 1.45. The van der Waals surface area contributed by atoms with Gasteiger partial charge in [0.05, 0.1) is 18.5 Å². The second-order valence-corrected chi connectivity index (χ2v) is 11.8. The lowest BCUT2D eigenvalue weighted by atomic mass is 10.1. The van der Waals surface area contributed by atoms with E-state index in [1.54, 1.807) is 34.6 Å². The van der Waals surface area contributed by atoms with Crippen LogP contribution in [0.2, 0.25) is 0 Å². The van der Waals surface area contributed by atoms with Crippen LogP contribution in [-0.4, -0.2) is 82.5 Å². The molecule has 1 heterocycles. The molecule has 0 saturated carbocycles. The minimum absolute atomic E-state index is 0.166. The standard InChI is InChI=1S/C25H30N4O7S2/c1-38(34,35)28-15-13-27(14-16-28)24(25(30)26-31)17-29(37(32)33)21-9-11-22(12-10-21)36-18-20-7-4-6-19-5-2-3-8-23(19)20/h2-12,24,31H,13-18H2,1H3,(H,26,30)(H,32,33)/t24-/m0/s1. The summed E-state index contributed by atoms with van der Waals surface area (Å²) in [5, 5.41) is 11.5. The summed E-state index contributed by atoms with van der Waals surface area (Å²) < 4.78 is 54.2. The van der Waals surface area contributed by atoms with Gasteiger partial charge in [-0.1, -0.05) is 42.5 Å². The van der Waals surface area contributed by atoms with Gasteiger partial charge in [-0.2, -0.15) is 4.31 Å². The predicted octanol–water partition coefficient (Wildman–Crippen LogP) is 1.81. The summed E-state index contributed by atoms with van der Waals surface area (Å²) in [6, 6.07) is 19.6. The van der Waals surface area contributed by atoms with Crippen LogP contribution in [0.5, 0.6) is 5.75 Å². The smallest absolute Gasteiger partial charge is 0.262 e. The molecule has 3 aromatic rings. The molecule has 4 rings (SSSR count). The Labute approximate surface area is 224 Å². The SMILES string of the molecule is CS(=O)(=O)N1CCN([C@@H](CN(c2ccc(OCc3cccc4ccccc34)cc2)S(=O)O)C(=O)NO)CC1. The Morgan fingerprint density at radius 1 is 1.05 bits per heavy atom. The van der Waals surface area contributed by atoms with E-state index >= 15 is 0 Å². The molecule has 38 heavy (non-hydrogen) atoms. The molecule has 3 N–H and O–H groups in total. The van der Waals surface area contributed by atoms with Crippen molar-refractivity contribution in [2.75, 3.05) is 43.3 Å². The Morgan fingerprint density at radius 3 is 2.34 bits per heavy atom. The molecule has 0 aliphatic carbocycles. The lowest BCUT2D eigenvalue weighted by Gasteiger charge is -2.38. The van der Waals surface area contributed by atoms with Crippen LogP contribution in [0.3, 0.4) is 0 Å². The second kappa shape index (κ2) is 12.2. The molecule has 11 nitrogen and oxygen atoms in total. The van der Waals surface area contributed by atoms with E-state index in [0.717, 1.165) is 26.9 Å². The summed E-state index contributed by atoms with van der Waals surface area (Å²) in [6.07, 6.45) is 1.12. The summed E-state index contributed by atoms with van der Waals surface area (Å²) in [5.41, 5.74) is 3.01. The van der Waals surface area contributed by atoms with Crippen molar-refractivity contribution in [2.45, 2.75) is 12.6 Å². The zero-order valence-electron chi connectivity index (χ0n) is 20.8. The zero-order chi connectivity index (χ0) is 27.3. The fraction of sp³-hybridized carbons (Fsp3) is 0.320. The van der Waals surface area contributed by atoms with Gasteiger partial charge >= 0.3 is 0 Å². The number of nitrogens with one attached hydrogen (secondary N) is 1. The minimum atomic E-state index is -3.37. The first kappa shape index (κ1) is 28.0. The lowest BCUT2D eigenvalue weighted by molar-refractivity contribution is -0.134. The number of anilines is 1. The third kappa shape index (κ3) is 6.67. The quantitative estimate of drug-likeness (QED) is 0.193. The average molecular weight is 563 g/mol. The van der Waals surface area contributed by atoms with E-state index in [-0.39, 0.29) is 32.7 Å². The van der Waals surface area contributed by atoms with Crippen molar-refractivity contribution in [3.8, 4) is 5.75 Å². The van der Waals surface area contributed by atoms with Gasteiger partial charge in [0, 0.05) is 26.2 Å². The van der Waals surface area contributed by atoms with Crippen LogP contribution >= 0.6 is 0 Å². The van der Waals surface area contributed by atoms with Crippen molar-refractivity contribution in [3.63, 3.8) is 0 Å². The van der Waals surface area contributed by atoms with Gasteiger partial charge in [0.15, 0.2) is 0 Å². The van der Waals surface area contributed by atoms with Crippen molar-refractivity contribution in [1.82, 2.24) is 14.7 Å². The summed E-state index contributed by atoms with van der Waals surface area (Å²) in [4.78, 5) is 14.2. The third-order valence-electron chi connectivity index (χ3n) is 6.52. The molecule has 1 aliphatic heterocycles. The van der Waals surface area contributed by atoms with Crippen LogP contribution in [0.15, 0.2) is 66.7 Å². The number of fused-ring (bicyclic) bond motifs is 1. The number of hydrogen-bond acceptors (Lipinski definition) is 7. The van der Waals surface area contributed by atoms with Crippen LogP contribution in [-0.2, 0) is 32.7 Å². The first-order chi connectivity index (χ1) is 18.2. The minimum Gasteiger partial charge on any atom is -0.489 e. The van der Waals surface area contributed by atoms with E-state index in [1.807, 2.05) is 42.5 Å². The average Bonchev–Trinajstić information content (AvgIpc) is 2.92. The Hall–Kier alpha value is -3.07. The van der Waals surface area contributed by atoms with Crippen molar-refractivity contribution in [2.24, 2.45) is 0 Å². The highest BCUT2D eigenvalue weighted by Crippen LogP contribution is 2.24. The molecule has 1 unspecified atom stereocenters. The maximum Gasteiger partial charge on any atom is 0.262 e. The fourth-order valence-corrected chi connectivity index (χ4v) is 5.89. The van der Waals surface area contributed by atoms with E-state index in [0.29, 0.717) is 18.0 Å². The molecular weight excluding hydrogens is 532 g/mol. The van der Waals surface area contributed by atoms with Crippen LogP contribution in [0.4, 0.5) is 5.69 Å². The third-order valence-corrected chi connectivity index (χ3v) is 8.56. The first-order valence-electron chi connectivity index (χ1n) is 11.9. The maximum absolute atomic E-state index is 12.5. The zero-order valence-corrected chi connectivity index (χ0v) is 22.4. The number of rotatable bonds is 10. The number of hydrogen-bond donors (Lipinski definition) is 3. The van der Waals surface area contributed by atoms with E-state index in [1.165, 1.54) is 4.31 Å². The van der Waals surface area contributed by atoms with Crippen LogP contribution in [0, 0.1) is 0 Å². The number of amides is 1. The van der Waals surface area contributed by atoms with Gasteiger partial charge in [-0.05, 0) is 40.6 Å². The van der Waals surface area contributed by atoms with Crippen LogP contribution in [0.25, 0.3) is 10.8 Å².